The van der Waals surface area contributed by atoms with Gasteiger partial charge in [0.05, 0.1) is 21.7 Å². The van der Waals surface area contributed by atoms with Gasteiger partial charge in [-0.05, 0) is 30.5 Å². The summed E-state index contributed by atoms with van der Waals surface area (Å²) in [5.74, 6) is -0.553. The van der Waals surface area contributed by atoms with E-state index in [1.54, 1.807) is 28.0 Å². The Morgan fingerprint density at radius 3 is 2.46 bits per heavy atom. The first-order valence-electron chi connectivity index (χ1n) is 9.20. The van der Waals surface area contributed by atoms with Crippen LogP contribution in [0.5, 0.6) is 0 Å². The Morgan fingerprint density at radius 2 is 1.82 bits per heavy atom. The predicted molar refractivity (Wildman–Crippen MR) is 108 cm³/mol. The van der Waals surface area contributed by atoms with Gasteiger partial charge in [-0.1, -0.05) is 29.3 Å². The third kappa shape index (κ3) is 4.97. The van der Waals surface area contributed by atoms with Crippen molar-refractivity contribution >= 4 is 45.5 Å². The molecule has 1 aromatic carbocycles. The van der Waals surface area contributed by atoms with E-state index in [-0.39, 0.29) is 24.1 Å². The molecule has 10 heteroatoms. The van der Waals surface area contributed by atoms with E-state index >= 15 is 0 Å². The van der Waals surface area contributed by atoms with Gasteiger partial charge >= 0.3 is 0 Å². The summed E-state index contributed by atoms with van der Waals surface area (Å²) in [5.41, 5.74) is 0.563. The number of carbonyl (C=O) groups is 2. The molecule has 2 saturated heterocycles. The van der Waals surface area contributed by atoms with Crippen molar-refractivity contribution in [2.24, 2.45) is 5.92 Å². The zero-order chi connectivity index (χ0) is 20.3. The van der Waals surface area contributed by atoms with Crippen LogP contribution in [0.2, 0.25) is 10.0 Å². The van der Waals surface area contributed by atoms with Crippen molar-refractivity contribution in [1.29, 1.82) is 0 Å². The number of piperidine rings is 1. The second-order valence-electron chi connectivity index (χ2n) is 7.17. The Bertz CT molecular complexity index is 841. The molecule has 2 heterocycles. The van der Waals surface area contributed by atoms with Crippen LogP contribution in [0.3, 0.4) is 0 Å². The Kier molecular flexibility index (Phi) is 6.85. The second kappa shape index (κ2) is 8.98. The number of hydrogen-bond acceptors (Lipinski definition) is 4. The van der Waals surface area contributed by atoms with Crippen LogP contribution in [-0.2, 0) is 25.4 Å². The van der Waals surface area contributed by atoms with Crippen molar-refractivity contribution in [3.05, 3.63) is 33.8 Å². The lowest BCUT2D eigenvalue weighted by Crippen LogP contribution is -2.52. The fourth-order valence-corrected chi connectivity index (χ4v) is 5.55. The third-order valence-corrected chi connectivity index (χ3v) is 7.79. The van der Waals surface area contributed by atoms with E-state index in [0.29, 0.717) is 61.2 Å². The Balaban J connectivity index is 1.64. The van der Waals surface area contributed by atoms with E-state index < -0.39 is 10.0 Å². The van der Waals surface area contributed by atoms with Gasteiger partial charge in [0.2, 0.25) is 22.3 Å². The summed E-state index contributed by atoms with van der Waals surface area (Å²) in [6.07, 6.45) is 2.11. The zero-order valence-electron chi connectivity index (χ0n) is 15.4. The van der Waals surface area contributed by atoms with Crippen LogP contribution in [0.1, 0.15) is 18.4 Å². The molecule has 2 aliphatic heterocycles. The van der Waals surface area contributed by atoms with Gasteiger partial charge in [-0.2, -0.15) is 0 Å². The summed E-state index contributed by atoms with van der Waals surface area (Å²) in [6, 6.07) is 4.78. The fraction of sp³-hybridized carbons (Fsp3) is 0.556. The minimum absolute atomic E-state index is 0.0278. The van der Waals surface area contributed by atoms with Gasteiger partial charge in [-0.3, -0.25) is 9.59 Å². The summed E-state index contributed by atoms with van der Waals surface area (Å²) < 4.78 is 27.1. The van der Waals surface area contributed by atoms with E-state index in [2.05, 4.69) is 0 Å². The minimum Gasteiger partial charge on any atom is -0.342 e. The maximum Gasteiger partial charge on any atom is 0.227 e. The van der Waals surface area contributed by atoms with E-state index in [4.69, 9.17) is 23.2 Å². The topological polar surface area (TPSA) is 78.0 Å². The Labute approximate surface area is 175 Å². The molecule has 0 saturated carbocycles. The smallest absolute Gasteiger partial charge is 0.227 e. The van der Waals surface area contributed by atoms with E-state index in [9.17, 15) is 18.0 Å². The molecule has 7 nitrogen and oxygen atoms in total. The molecule has 154 valence electrons. The molecule has 0 aromatic heterocycles. The highest BCUT2D eigenvalue weighted by Gasteiger charge is 2.35. The van der Waals surface area contributed by atoms with Crippen LogP contribution >= 0.6 is 23.2 Å². The number of sulfonamides is 1. The van der Waals surface area contributed by atoms with Crippen LogP contribution in [0.25, 0.3) is 0 Å². The first-order valence-corrected chi connectivity index (χ1v) is 11.6. The highest BCUT2D eigenvalue weighted by Crippen LogP contribution is 2.26. The number of hydrogen-bond donors (Lipinski definition) is 0. The first-order chi connectivity index (χ1) is 13.3. The molecule has 2 fully saturated rings. The quantitative estimate of drug-likeness (QED) is 0.645. The molecule has 2 amide bonds. The molecule has 1 atom stereocenters. The summed E-state index contributed by atoms with van der Waals surface area (Å²) in [5, 5.41) is 0.691. The van der Waals surface area contributed by atoms with Gasteiger partial charge in [0.25, 0.3) is 0 Å². The number of rotatable bonds is 5. The molecule has 0 spiro atoms. The van der Waals surface area contributed by atoms with Crippen molar-refractivity contribution < 1.29 is 18.0 Å². The number of piperazine rings is 1. The summed E-state index contributed by atoms with van der Waals surface area (Å²) >= 11 is 11.9. The second-order valence-corrected chi connectivity index (χ2v) is 9.95. The Hall–Kier alpha value is -1.35. The lowest BCUT2D eigenvalue weighted by Gasteiger charge is -2.37. The van der Waals surface area contributed by atoms with E-state index in [1.165, 1.54) is 4.31 Å². The summed E-state index contributed by atoms with van der Waals surface area (Å²) in [6.45, 7) is 2.61. The van der Waals surface area contributed by atoms with Crippen molar-refractivity contribution in [3.8, 4) is 0 Å². The lowest BCUT2D eigenvalue weighted by molar-refractivity contribution is -0.140. The van der Waals surface area contributed by atoms with Crippen molar-refractivity contribution in [2.75, 3.05) is 39.3 Å². The molecule has 28 heavy (non-hydrogen) atoms. The standard InChI is InChI=1S/C18H23Cl2N3O4S/c19-16-4-3-14(10-17(16)20)12-28(26,27)23-5-1-2-15(11-23)18(25)22-8-6-21(13-24)7-9-22/h3-4,10,13,15H,1-2,5-9,11-12H2/t15-/m0/s1. The predicted octanol–water partition coefficient (Wildman–Crippen LogP) is 1.84. The first kappa shape index (κ1) is 21.4. The number of halogens is 2. The van der Waals surface area contributed by atoms with Gasteiger partial charge in [0.1, 0.15) is 0 Å². The number of nitrogens with zero attached hydrogens (tertiary/aromatic N) is 3. The maximum atomic E-state index is 12.9. The van der Waals surface area contributed by atoms with Crippen LogP contribution in [0, 0.1) is 5.92 Å². The van der Waals surface area contributed by atoms with Crippen LogP contribution in [0.15, 0.2) is 18.2 Å². The normalized spacial score (nSPS) is 21.6. The fourth-order valence-electron chi connectivity index (χ4n) is 3.63. The highest BCUT2D eigenvalue weighted by molar-refractivity contribution is 7.88. The average molecular weight is 448 g/mol. The van der Waals surface area contributed by atoms with Crippen molar-refractivity contribution in [3.63, 3.8) is 0 Å². The molecule has 2 aliphatic rings. The molecule has 3 rings (SSSR count). The number of benzene rings is 1. The van der Waals surface area contributed by atoms with E-state index in [1.807, 2.05) is 0 Å². The highest BCUT2D eigenvalue weighted by atomic mass is 35.5. The van der Waals surface area contributed by atoms with E-state index in [0.717, 1.165) is 6.41 Å². The molecular weight excluding hydrogens is 425 g/mol. The third-order valence-electron chi connectivity index (χ3n) is 5.23. The van der Waals surface area contributed by atoms with Crippen LogP contribution in [0.4, 0.5) is 0 Å². The minimum atomic E-state index is -3.57. The SMILES string of the molecule is O=CN1CCN(C(=O)[C@H]2CCCN(S(=O)(=O)Cc3ccc(Cl)c(Cl)c3)C2)CC1. The molecule has 0 unspecified atom stereocenters. The molecule has 0 aliphatic carbocycles. The summed E-state index contributed by atoms with van der Waals surface area (Å²) in [4.78, 5) is 27.0. The molecule has 0 bridgehead atoms. The average Bonchev–Trinajstić information content (AvgIpc) is 2.70. The van der Waals surface area contributed by atoms with Crippen molar-refractivity contribution in [2.45, 2.75) is 18.6 Å². The van der Waals surface area contributed by atoms with Gasteiger partial charge in [0.15, 0.2) is 0 Å². The maximum absolute atomic E-state index is 12.9. The van der Waals surface area contributed by atoms with Gasteiger partial charge in [0, 0.05) is 39.3 Å². The van der Waals surface area contributed by atoms with Gasteiger partial charge < -0.3 is 9.80 Å². The molecular formula is C18H23Cl2N3O4S. The molecule has 0 N–H and O–H groups in total. The van der Waals surface area contributed by atoms with Crippen LogP contribution < -0.4 is 0 Å². The molecule has 1 aromatic rings. The largest absolute Gasteiger partial charge is 0.342 e. The van der Waals surface area contributed by atoms with Gasteiger partial charge in [-0.15, -0.1) is 0 Å². The van der Waals surface area contributed by atoms with Gasteiger partial charge in [-0.25, -0.2) is 12.7 Å². The Morgan fingerprint density at radius 1 is 1.11 bits per heavy atom. The van der Waals surface area contributed by atoms with Crippen molar-refractivity contribution in [1.82, 2.24) is 14.1 Å². The number of carbonyl (C=O) groups excluding carboxylic acids is 2. The zero-order valence-corrected chi connectivity index (χ0v) is 17.7. The number of amides is 2. The summed E-state index contributed by atoms with van der Waals surface area (Å²) in [7, 11) is -3.57. The van der Waals surface area contributed by atoms with Crippen LogP contribution in [-0.4, -0.2) is 74.1 Å². The lowest BCUT2D eigenvalue weighted by atomic mass is 9.98. The monoisotopic (exact) mass is 447 g/mol. The molecule has 0 radical (unpaired) electrons.